The number of nitrogens with one attached hydrogen (secondary N) is 2. The van der Waals surface area contributed by atoms with E-state index in [1.807, 2.05) is 49.4 Å². The van der Waals surface area contributed by atoms with Crippen LogP contribution in [0.5, 0.6) is 0 Å². The van der Waals surface area contributed by atoms with Gasteiger partial charge in [0.1, 0.15) is 0 Å². The lowest BCUT2D eigenvalue weighted by atomic mass is 10.0. The Labute approximate surface area is 122 Å². The van der Waals surface area contributed by atoms with Gasteiger partial charge in [-0.05, 0) is 29.3 Å². The van der Waals surface area contributed by atoms with E-state index in [1.165, 1.54) is 5.48 Å². The summed E-state index contributed by atoms with van der Waals surface area (Å²) >= 11 is 0. The average Bonchev–Trinajstić information content (AvgIpc) is 2.52. The van der Waals surface area contributed by atoms with E-state index in [1.54, 1.807) is 0 Å². The van der Waals surface area contributed by atoms with Gasteiger partial charge in [-0.1, -0.05) is 36.4 Å². The van der Waals surface area contributed by atoms with Crippen molar-refractivity contribution in [2.24, 2.45) is 0 Å². The Morgan fingerprint density at radius 2 is 1.71 bits per heavy atom. The molecule has 1 unspecified atom stereocenters. The van der Waals surface area contributed by atoms with Gasteiger partial charge in [0.2, 0.25) is 11.8 Å². The van der Waals surface area contributed by atoms with Gasteiger partial charge in [0.15, 0.2) is 0 Å². The number of hydrogen-bond acceptors (Lipinski definition) is 3. The van der Waals surface area contributed by atoms with Crippen LogP contribution in [0.2, 0.25) is 0 Å². The second kappa shape index (κ2) is 6.85. The topological polar surface area (TPSA) is 78.4 Å². The van der Waals surface area contributed by atoms with Crippen LogP contribution < -0.4 is 10.8 Å². The Kier molecular flexibility index (Phi) is 4.90. The highest BCUT2D eigenvalue weighted by Crippen LogP contribution is 2.20. The molecule has 2 aromatic carbocycles. The first-order valence-electron chi connectivity index (χ1n) is 6.81. The third-order valence-electron chi connectivity index (χ3n) is 3.35. The SMILES string of the molecule is CC(NC(=O)CCC(=O)NO)c1ccc2ccccc2c1. The zero-order valence-corrected chi connectivity index (χ0v) is 11.8. The molecule has 110 valence electrons. The predicted octanol–water partition coefficient (Wildman–Crippen LogP) is 2.30. The average molecular weight is 286 g/mol. The number of hydrogen-bond donors (Lipinski definition) is 3. The molecule has 2 amide bonds. The quantitative estimate of drug-likeness (QED) is 0.583. The molecule has 5 heteroatoms. The van der Waals surface area contributed by atoms with Gasteiger partial charge < -0.3 is 5.32 Å². The first kappa shape index (κ1) is 15.0. The molecule has 0 heterocycles. The van der Waals surface area contributed by atoms with E-state index < -0.39 is 5.91 Å². The molecule has 2 aromatic rings. The van der Waals surface area contributed by atoms with Crippen molar-refractivity contribution in [2.45, 2.75) is 25.8 Å². The highest BCUT2D eigenvalue weighted by Gasteiger charge is 2.11. The van der Waals surface area contributed by atoms with Crippen molar-refractivity contribution in [1.82, 2.24) is 10.8 Å². The van der Waals surface area contributed by atoms with Gasteiger partial charge in [0, 0.05) is 12.8 Å². The summed E-state index contributed by atoms with van der Waals surface area (Å²) in [5, 5.41) is 13.5. The molecule has 0 bridgehead atoms. The molecule has 0 spiro atoms. The highest BCUT2D eigenvalue weighted by molar-refractivity contribution is 5.84. The van der Waals surface area contributed by atoms with Crippen molar-refractivity contribution in [3.63, 3.8) is 0 Å². The lowest BCUT2D eigenvalue weighted by Crippen LogP contribution is -2.28. The van der Waals surface area contributed by atoms with Crippen LogP contribution in [0.15, 0.2) is 42.5 Å². The van der Waals surface area contributed by atoms with Crippen molar-refractivity contribution in [2.75, 3.05) is 0 Å². The summed E-state index contributed by atoms with van der Waals surface area (Å²) in [4.78, 5) is 22.6. The minimum atomic E-state index is -0.566. The number of carbonyl (C=O) groups excluding carboxylic acids is 2. The van der Waals surface area contributed by atoms with E-state index in [-0.39, 0.29) is 24.8 Å². The Hall–Kier alpha value is -2.40. The third-order valence-corrected chi connectivity index (χ3v) is 3.35. The largest absolute Gasteiger partial charge is 0.350 e. The van der Waals surface area contributed by atoms with E-state index >= 15 is 0 Å². The molecule has 1 atom stereocenters. The highest BCUT2D eigenvalue weighted by atomic mass is 16.5. The molecule has 0 saturated heterocycles. The standard InChI is InChI=1S/C16H18N2O3/c1-11(17-15(19)8-9-16(20)18-21)13-7-6-12-4-2-3-5-14(12)10-13/h2-7,10-11,21H,8-9H2,1H3,(H,17,19)(H,18,20). The fourth-order valence-electron chi connectivity index (χ4n) is 2.16. The van der Waals surface area contributed by atoms with E-state index in [4.69, 9.17) is 5.21 Å². The van der Waals surface area contributed by atoms with Gasteiger partial charge in [0.25, 0.3) is 0 Å². The molecule has 5 nitrogen and oxygen atoms in total. The van der Waals surface area contributed by atoms with Crippen LogP contribution in [-0.2, 0) is 9.59 Å². The normalized spacial score (nSPS) is 11.9. The third kappa shape index (κ3) is 4.03. The van der Waals surface area contributed by atoms with Gasteiger partial charge in [0.05, 0.1) is 6.04 Å². The lowest BCUT2D eigenvalue weighted by Gasteiger charge is -2.15. The van der Waals surface area contributed by atoms with Crippen LogP contribution in [0.1, 0.15) is 31.4 Å². The van der Waals surface area contributed by atoms with E-state index in [2.05, 4.69) is 5.32 Å². The summed E-state index contributed by atoms with van der Waals surface area (Å²) in [5.74, 6) is -0.789. The van der Waals surface area contributed by atoms with E-state index in [9.17, 15) is 9.59 Å². The van der Waals surface area contributed by atoms with Crippen molar-refractivity contribution in [3.05, 3.63) is 48.0 Å². The van der Waals surface area contributed by atoms with Crippen LogP contribution in [0.25, 0.3) is 10.8 Å². The van der Waals surface area contributed by atoms with Crippen LogP contribution in [-0.4, -0.2) is 17.0 Å². The molecule has 3 N–H and O–H groups in total. The Balaban J connectivity index is 1.99. The number of amides is 2. The van der Waals surface area contributed by atoms with Crippen molar-refractivity contribution in [3.8, 4) is 0 Å². The minimum Gasteiger partial charge on any atom is -0.350 e. The van der Waals surface area contributed by atoms with Crippen molar-refractivity contribution < 1.29 is 14.8 Å². The van der Waals surface area contributed by atoms with E-state index in [0.29, 0.717) is 0 Å². The Morgan fingerprint density at radius 3 is 2.43 bits per heavy atom. The summed E-state index contributed by atoms with van der Waals surface area (Å²) < 4.78 is 0. The molecule has 0 saturated carbocycles. The first-order valence-corrected chi connectivity index (χ1v) is 6.81. The number of rotatable bonds is 5. The molecule has 0 aliphatic carbocycles. The molecule has 0 aliphatic rings. The van der Waals surface area contributed by atoms with Crippen LogP contribution >= 0.6 is 0 Å². The fourth-order valence-corrected chi connectivity index (χ4v) is 2.16. The molecule has 0 aliphatic heterocycles. The Bertz CT molecular complexity index is 655. The van der Waals surface area contributed by atoms with Gasteiger partial charge in [-0.3, -0.25) is 14.8 Å². The van der Waals surface area contributed by atoms with Gasteiger partial charge in [-0.2, -0.15) is 0 Å². The van der Waals surface area contributed by atoms with Crippen LogP contribution in [0.3, 0.4) is 0 Å². The van der Waals surface area contributed by atoms with Gasteiger partial charge >= 0.3 is 0 Å². The number of benzene rings is 2. The minimum absolute atomic E-state index is 0.0349. The van der Waals surface area contributed by atoms with Gasteiger partial charge in [-0.15, -0.1) is 0 Å². The molecule has 0 fully saturated rings. The number of fused-ring (bicyclic) bond motifs is 1. The lowest BCUT2D eigenvalue weighted by molar-refractivity contribution is -0.132. The summed E-state index contributed by atoms with van der Waals surface area (Å²) in [7, 11) is 0. The smallest absolute Gasteiger partial charge is 0.243 e. The summed E-state index contributed by atoms with van der Waals surface area (Å²) in [5.41, 5.74) is 2.51. The summed E-state index contributed by atoms with van der Waals surface area (Å²) in [6.07, 6.45) is 0.0110. The maximum absolute atomic E-state index is 11.7. The monoisotopic (exact) mass is 286 g/mol. The maximum atomic E-state index is 11.7. The first-order chi connectivity index (χ1) is 10.1. The fraction of sp³-hybridized carbons (Fsp3) is 0.250. The number of carbonyl (C=O) groups is 2. The summed E-state index contributed by atoms with van der Waals surface area (Å²) in [6, 6.07) is 13.9. The van der Waals surface area contributed by atoms with E-state index in [0.717, 1.165) is 16.3 Å². The molecule has 0 aromatic heterocycles. The molecular weight excluding hydrogens is 268 g/mol. The second-order valence-electron chi connectivity index (χ2n) is 4.93. The number of hydroxylamine groups is 1. The Morgan fingerprint density at radius 1 is 1.05 bits per heavy atom. The van der Waals surface area contributed by atoms with Gasteiger partial charge in [-0.25, -0.2) is 5.48 Å². The molecule has 21 heavy (non-hydrogen) atoms. The predicted molar refractivity (Wildman–Crippen MR) is 79.7 cm³/mol. The zero-order chi connectivity index (χ0) is 15.2. The van der Waals surface area contributed by atoms with Crippen molar-refractivity contribution >= 4 is 22.6 Å². The maximum Gasteiger partial charge on any atom is 0.243 e. The van der Waals surface area contributed by atoms with Crippen LogP contribution in [0.4, 0.5) is 0 Å². The summed E-state index contributed by atoms with van der Waals surface area (Å²) in [6.45, 7) is 1.90. The van der Waals surface area contributed by atoms with Crippen LogP contribution in [0, 0.1) is 0 Å². The zero-order valence-electron chi connectivity index (χ0n) is 11.8. The van der Waals surface area contributed by atoms with Crippen molar-refractivity contribution in [1.29, 1.82) is 0 Å². The molecule has 2 rings (SSSR count). The molecular formula is C16H18N2O3. The second-order valence-corrected chi connectivity index (χ2v) is 4.93. The molecule has 0 radical (unpaired) electrons.